The first-order valence-corrected chi connectivity index (χ1v) is 4.68. The minimum Gasteiger partial charge on any atom is -0.145 e. The molecule has 54 valence electrons. The molecule has 1 aromatic rings. The smallest absolute Gasteiger partial charge is 0.0108 e. The first-order valence-electron chi connectivity index (χ1n) is 3.86. The van der Waals surface area contributed by atoms with Crippen LogP contribution in [0.1, 0.15) is 34.6 Å². The van der Waals surface area contributed by atoms with E-state index in [1.807, 2.05) is 11.3 Å². The first kappa shape index (κ1) is 6.41. The van der Waals surface area contributed by atoms with Crippen molar-refractivity contribution in [2.24, 2.45) is 0 Å². The van der Waals surface area contributed by atoms with E-state index in [4.69, 9.17) is 0 Å². The molecular weight excluding hydrogens is 140 g/mol. The highest BCUT2D eigenvalue weighted by Gasteiger charge is 2.20. The summed E-state index contributed by atoms with van der Waals surface area (Å²) in [5, 5.41) is 0. The van der Waals surface area contributed by atoms with Gasteiger partial charge in [-0.1, -0.05) is 6.92 Å². The maximum Gasteiger partial charge on any atom is 0.0108 e. The second-order valence-corrected chi connectivity index (χ2v) is 4.47. The van der Waals surface area contributed by atoms with Gasteiger partial charge >= 0.3 is 0 Å². The molecule has 10 heavy (non-hydrogen) atoms. The van der Waals surface area contributed by atoms with Crippen LogP contribution >= 0.6 is 11.3 Å². The number of rotatable bonds is 0. The van der Waals surface area contributed by atoms with Crippen LogP contribution in [-0.2, 0) is 6.42 Å². The van der Waals surface area contributed by atoms with Crippen molar-refractivity contribution in [3.8, 4) is 0 Å². The van der Waals surface area contributed by atoms with E-state index in [0.717, 1.165) is 5.92 Å². The topological polar surface area (TPSA) is 0 Å². The highest BCUT2D eigenvalue weighted by Crippen LogP contribution is 2.38. The van der Waals surface area contributed by atoms with Gasteiger partial charge in [0, 0.05) is 9.75 Å². The van der Waals surface area contributed by atoms with Crippen molar-refractivity contribution in [1.82, 2.24) is 0 Å². The number of fused-ring (bicyclic) bond motifs is 1. The van der Waals surface area contributed by atoms with Gasteiger partial charge in [0.1, 0.15) is 0 Å². The van der Waals surface area contributed by atoms with E-state index in [-0.39, 0.29) is 0 Å². The van der Waals surface area contributed by atoms with Crippen molar-refractivity contribution in [1.29, 1.82) is 0 Å². The van der Waals surface area contributed by atoms with Gasteiger partial charge in [0.25, 0.3) is 0 Å². The van der Waals surface area contributed by atoms with Crippen LogP contribution in [-0.4, -0.2) is 0 Å². The van der Waals surface area contributed by atoms with E-state index in [9.17, 15) is 0 Å². The van der Waals surface area contributed by atoms with Gasteiger partial charge in [0.2, 0.25) is 0 Å². The van der Waals surface area contributed by atoms with Crippen LogP contribution < -0.4 is 0 Å². The molecule has 0 N–H and O–H groups in total. The zero-order chi connectivity index (χ0) is 7.14. The van der Waals surface area contributed by atoms with E-state index in [1.54, 1.807) is 10.4 Å². The van der Waals surface area contributed by atoms with E-state index in [0.29, 0.717) is 0 Å². The SMILES string of the molecule is Cc1cc2c(s1)C(C)CC2. The lowest BCUT2D eigenvalue weighted by Gasteiger charge is -1.96. The van der Waals surface area contributed by atoms with Crippen molar-refractivity contribution in [3.63, 3.8) is 0 Å². The molecule has 1 heteroatoms. The van der Waals surface area contributed by atoms with E-state index >= 15 is 0 Å². The van der Waals surface area contributed by atoms with Gasteiger partial charge in [0.15, 0.2) is 0 Å². The lowest BCUT2D eigenvalue weighted by atomic mass is 10.2. The molecule has 0 radical (unpaired) electrons. The van der Waals surface area contributed by atoms with Gasteiger partial charge in [-0.05, 0) is 37.3 Å². The molecule has 0 nitrogen and oxygen atoms in total. The molecule has 1 heterocycles. The van der Waals surface area contributed by atoms with Gasteiger partial charge in [-0.25, -0.2) is 0 Å². The molecule has 0 aromatic carbocycles. The molecule has 1 aliphatic rings. The average Bonchev–Trinajstić information content (AvgIpc) is 2.35. The van der Waals surface area contributed by atoms with Crippen molar-refractivity contribution in [2.45, 2.75) is 32.6 Å². The molecule has 1 unspecified atom stereocenters. The summed E-state index contributed by atoms with van der Waals surface area (Å²) in [5.41, 5.74) is 1.62. The fraction of sp³-hybridized carbons (Fsp3) is 0.556. The molecule has 0 saturated heterocycles. The van der Waals surface area contributed by atoms with E-state index in [2.05, 4.69) is 19.9 Å². The molecule has 1 aromatic heterocycles. The third-order valence-corrected chi connectivity index (χ3v) is 3.58. The Morgan fingerprint density at radius 3 is 3.10 bits per heavy atom. The molecule has 0 fully saturated rings. The number of thiophene rings is 1. The third-order valence-electron chi connectivity index (χ3n) is 2.26. The Morgan fingerprint density at radius 1 is 1.60 bits per heavy atom. The largest absolute Gasteiger partial charge is 0.145 e. The summed E-state index contributed by atoms with van der Waals surface area (Å²) in [6, 6.07) is 2.35. The predicted molar refractivity (Wildman–Crippen MR) is 45.8 cm³/mol. The van der Waals surface area contributed by atoms with Crippen LogP contribution in [0.3, 0.4) is 0 Å². The van der Waals surface area contributed by atoms with Crippen molar-refractivity contribution in [3.05, 3.63) is 21.4 Å². The number of aryl methyl sites for hydroxylation is 2. The van der Waals surface area contributed by atoms with Crippen molar-refractivity contribution in [2.75, 3.05) is 0 Å². The fourth-order valence-electron chi connectivity index (χ4n) is 1.70. The number of hydrogen-bond donors (Lipinski definition) is 0. The summed E-state index contributed by atoms with van der Waals surface area (Å²) in [6.07, 6.45) is 2.70. The Morgan fingerprint density at radius 2 is 2.40 bits per heavy atom. The Labute approximate surface area is 65.9 Å². The average molecular weight is 152 g/mol. The molecule has 0 amide bonds. The Balaban J connectivity index is 2.49. The van der Waals surface area contributed by atoms with Crippen LogP contribution in [0, 0.1) is 6.92 Å². The predicted octanol–water partition coefficient (Wildman–Crippen LogP) is 3.11. The summed E-state index contributed by atoms with van der Waals surface area (Å²) in [7, 11) is 0. The summed E-state index contributed by atoms with van der Waals surface area (Å²) < 4.78 is 0. The lowest BCUT2D eigenvalue weighted by molar-refractivity contribution is 0.754. The first-order chi connectivity index (χ1) is 4.77. The van der Waals surface area contributed by atoms with Crippen LogP contribution in [0.4, 0.5) is 0 Å². The highest BCUT2D eigenvalue weighted by molar-refractivity contribution is 7.12. The normalized spacial score (nSPS) is 23.2. The van der Waals surface area contributed by atoms with Gasteiger partial charge in [-0.15, -0.1) is 11.3 Å². The fourth-order valence-corrected chi connectivity index (χ4v) is 2.86. The molecule has 1 atom stereocenters. The van der Waals surface area contributed by atoms with Crippen molar-refractivity contribution >= 4 is 11.3 Å². The van der Waals surface area contributed by atoms with Gasteiger partial charge in [-0.2, -0.15) is 0 Å². The quantitative estimate of drug-likeness (QED) is 0.536. The maximum absolute atomic E-state index is 2.35. The Kier molecular flexibility index (Phi) is 1.34. The van der Waals surface area contributed by atoms with E-state index < -0.39 is 0 Å². The van der Waals surface area contributed by atoms with Crippen LogP contribution in [0.15, 0.2) is 6.07 Å². The summed E-state index contributed by atoms with van der Waals surface area (Å²) in [6.45, 7) is 4.54. The second kappa shape index (κ2) is 2.09. The zero-order valence-corrected chi connectivity index (χ0v) is 7.29. The van der Waals surface area contributed by atoms with Gasteiger partial charge in [0.05, 0.1) is 0 Å². The molecule has 1 aliphatic carbocycles. The Hall–Kier alpha value is -0.300. The summed E-state index contributed by atoms with van der Waals surface area (Å²) >= 11 is 1.98. The summed E-state index contributed by atoms with van der Waals surface area (Å²) in [5.74, 6) is 0.841. The monoisotopic (exact) mass is 152 g/mol. The Bertz CT molecular complexity index is 247. The molecule has 0 spiro atoms. The highest BCUT2D eigenvalue weighted by atomic mass is 32.1. The van der Waals surface area contributed by atoms with Crippen LogP contribution in [0.2, 0.25) is 0 Å². The number of hydrogen-bond acceptors (Lipinski definition) is 1. The molecule has 0 saturated carbocycles. The zero-order valence-electron chi connectivity index (χ0n) is 6.48. The van der Waals surface area contributed by atoms with Gasteiger partial charge in [-0.3, -0.25) is 0 Å². The molecule has 2 rings (SSSR count). The maximum atomic E-state index is 2.35. The summed E-state index contributed by atoms with van der Waals surface area (Å²) in [4.78, 5) is 3.13. The minimum atomic E-state index is 0.841. The third kappa shape index (κ3) is 0.807. The molecule has 0 aliphatic heterocycles. The standard InChI is InChI=1S/C9H12S/c1-6-3-4-8-5-7(2)10-9(6)8/h5-6H,3-4H2,1-2H3. The van der Waals surface area contributed by atoms with Crippen LogP contribution in [0.25, 0.3) is 0 Å². The molecule has 0 bridgehead atoms. The minimum absolute atomic E-state index is 0.841. The van der Waals surface area contributed by atoms with E-state index in [1.165, 1.54) is 17.7 Å². The second-order valence-electron chi connectivity index (χ2n) is 3.19. The molecular formula is C9H12S. The van der Waals surface area contributed by atoms with Gasteiger partial charge < -0.3 is 0 Å². The van der Waals surface area contributed by atoms with Crippen molar-refractivity contribution < 1.29 is 0 Å². The van der Waals surface area contributed by atoms with Crippen LogP contribution in [0.5, 0.6) is 0 Å². The lowest BCUT2D eigenvalue weighted by Crippen LogP contribution is -1.79.